The standard InChI is InChI=1S/C14H18BrN3O2/c1-3-16-9(2)11-5-4-10(6-12(11)15)18-7-13(19)17-14(20)8-18/h4-6,9,16H,3,7-8H2,1-2H3,(H,17,19,20). The number of carbonyl (C=O) groups excluding carboxylic acids is 2. The second-order valence-electron chi connectivity index (χ2n) is 4.81. The maximum Gasteiger partial charge on any atom is 0.246 e. The van der Waals surface area contributed by atoms with Crippen LogP contribution in [0.3, 0.4) is 0 Å². The molecule has 2 amide bonds. The minimum Gasteiger partial charge on any atom is -0.353 e. The van der Waals surface area contributed by atoms with E-state index >= 15 is 0 Å². The van der Waals surface area contributed by atoms with Crippen molar-refractivity contribution in [1.29, 1.82) is 0 Å². The topological polar surface area (TPSA) is 61.4 Å². The molecule has 1 unspecified atom stereocenters. The van der Waals surface area contributed by atoms with Crippen molar-refractivity contribution in [3.05, 3.63) is 28.2 Å². The smallest absolute Gasteiger partial charge is 0.246 e. The van der Waals surface area contributed by atoms with Gasteiger partial charge in [0, 0.05) is 16.2 Å². The summed E-state index contributed by atoms with van der Waals surface area (Å²) in [5.74, 6) is -0.523. The van der Waals surface area contributed by atoms with Crippen LogP contribution in [0.4, 0.5) is 5.69 Å². The Hall–Kier alpha value is -1.40. The molecule has 0 spiro atoms. The van der Waals surface area contributed by atoms with Gasteiger partial charge < -0.3 is 10.2 Å². The van der Waals surface area contributed by atoms with Crippen molar-refractivity contribution in [2.45, 2.75) is 19.9 Å². The first kappa shape index (κ1) is 15.0. The van der Waals surface area contributed by atoms with Crippen LogP contribution in [0.15, 0.2) is 22.7 Å². The van der Waals surface area contributed by atoms with Crippen molar-refractivity contribution in [3.8, 4) is 0 Å². The van der Waals surface area contributed by atoms with E-state index in [4.69, 9.17) is 0 Å². The van der Waals surface area contributed by atoms with E-state index in [1.165, 1.54) is 0 Å². The van der Waals surface area contributed by atoms with Crippen LogP contribution in [0.2, 0.25) is 0 Å². The van der Waals surface area contributed by atoms with Crippen molar-refractivity contribution in [2.24, 2.45) is 0 Å². The van der Waals surface area contributed by atoms with Crippen LogP contribution in [0.25, 0.3) is 0 Å². The normalized spacial score (nSPS) is 17.1. The molecule has 1 aliphatic heterocycles. The van der Waals surface area contributed by atoms with Gasteiger partial charge in [0.15, 0.2) is 0 Å². The number of nitrogens with one attached hydrogen (secondary N) is 2. The third-order valence-corrected chi connectivity index (χ3v) is 3.96. The zero-order chi connectivity index (χ0) is 14.7. The Morgan fingerprint density at radius 3 is 2.55 bits per heavy atom. The highest BCUT2D eigenvalue weighted by Crippen LogP contribution is 2.28. The summed E-state index contributed by atoms with van der Waals surface area (Å²) in [6, 6.07) is 6.16. The molecule has 1 aliphatic rings. The summed E-state index contributed by atoms with van der Waals surface area (Å²) in [4.78, 5) is 24.6. The Morgan fingerprint density at radius 1 is 1.35 bits per heavy atom. The summed E-state index contributed by atoms with van der Waals surface area (Å²) >= 11 is 3.56. The molecule has 108 valence electrons. The van der Waals surface area contributed by atoms with Gasteiger partial charge in [0.2, 0.25) is 11.8 Å². The predicted octanol–water partition coefficient (Wildman–Crippen LogP) is 1.58. The number of halogens is 1. The molecule has 1 fully saturated rings. The fourth-order valence-corrected chi connectivity index (χ4v) is 3.01. The van der Waals surface area contributed by atoms with Gasteiger partial charge in [-0.25, -0.2) is 0 Å². The Labute approximate surface area is 126 Å². The Morgan fingerprint density at radius 2 is 2.00 bits per heavy atom. The van der Waals surface area contributed by atoms with E-state index < -0.39 is 0 Å². The van der Waals surface area contributed by atoms with Gasteiger partial charge in [-0.15, -0.1) is 0 Å². The molecule has 0 radical (unpaired) electrons. The molecule has 1 aromatic carbocycles. The highest BCUT2D eigenvalue weighted by molar-refractivity contribution is 9.10. The fraction of sp³-hybridized carbons (Fsp3) is 0.429. The van der Waals surface area contributed by atoms with E-state index in [2.05, 4.69) is 40.4 Å². The molecule has 1 aromatic rings. The van der Waals surface area contributed by atoms with Crippen molar-refractivity contribution >= 4 is 33.4 Å². The SMILES string of the molecule is CCNC(C)c1ccc(N2CC(=O)NC(=O)C2)cc1Br. The molecule has 0 aromatic heterocycles. The molecule has 0 aliphatic carbocycles. The fourth-order valence-electron chi connectivity index (χ4n) is 2.30. The summed E-state index contributed by atoms with van der Waals surface area (Å²) in [6.07, 6.45) is 0. The lowest BCUT2D eigenvalue weighted by Gasteiger charge is -2.28. The molecule has 1 atom stereocenters. The van der Waals surface area contributed by atoms with Crippen LogP contribution >= 0.6 is 15.9 Å². The summed E-state index contributed by atoms with van der Waals surface area (Å²) in [7, 11) is 0. The summed E-state index contributed by atoms with van der Waals surface area (Å²) in [6.45, 7) is 5.48. The van der Waals surface area contributed by atoms with Gasteiger partial charge in [-0.05, 0) is 31.2 Å². The van der Waals surface area contributed by atoms with Gasteiger partial charge in [-0.1, -0.05) is 28.9 Å². The molecule has 2 N–H and O–H groups in total. The second-order valence-corrected chi connectivity index (χ2v) is 5.67. The first-order valence-electron chi connectivity index (χ1n) is 6.61. The number of hydrogen-bond donors (Lipinski definition) is 2. The number of imide groups is 1. The number of carbonyl (C=O) groups is 2. The zero-order valence-corrected chi connectivity index (χ0v) is 13.2. The summed E-state index contributed by atoms with van der Waals surface area (Å²) in [5, 5.41) is 5.65. The van der Waals surface area contributed by atoms with Crippen molar-refractivity contribution < 1.29 is 9.59 Å². The van der Waals surface area contributed by atoms with Gasteiger partial charge >= 0.3 is 0 Å². The largest absolute Gasteiger partial charge is 0.353 e. The van der Waals surface area contributed by atoms with Crippen LogP contribution in [-0.4, -0.2) is 31.4 Å². The predicted molar refractivity (Wildman–Crippen MR) is 81.6 cm³/mol. The van der Waals surface area contributed by atoms with Gasteiger partial charge in [-0.2, -0.15) is 0 Å². The first-order chi connectivity index (χ1) is 9.51. The Kier molecular flexibility index (Phi) is 4.77. The molecule has 2 rings (SSSR count). The number of anilines is 1. The van der Waals surface area contributed by atoms with Gasteiger partial charge in [0.1, 0.15) is 0 Å². The first-order valence-corrected chi connectivity index (χ1v) is 7.41. The van der Waals surface area contributed by atoms with E-state index in [1.807, 2.05) is 18.2 Å². The van der Waals surface area contributed by atoms with Gasteiger partial charge in [-0.3, -0.25) is 14.9 Å². The molecule has 0 bridgehead atoms. The van der Waals surface area contributed by atoms with Crippen LogP contribution < -0.4 is 15.5 Å². The van der Waals surface area contributed by atoms with E-state index in [1.54, 1.807) is 4.90 Å². The number of nitrogens with zero attached hydrogens (tertiary/aromatic N) is 1. The number of piperazine rings is 1. The van der Waals surface area contributed by atoms with Crippen molar-refractivity contribution in [3.63, 3.8) is 0 Å². The van der Waals surface area contributed by atoms with E-state index in [9.17, 15) is 9.59 Å². The van der Waals surface area contributed by atoms with E-state index in [0.29, 0.717) is 0 Å². The highest BCUT2D eigenvalue weighted by atomic mass is 79.9. The Balaban J connectivity index is 2.20. The lowest BCUT2D eigenvalue weighted by molar-refractivity contribution is -0.130. The highest BCUT2D eigenvalue weighted by Gasteiger charge is 2.23. The number of benzene rings is 1. The average Bonchev–Trinajstić information content (AvgIpc) is 2.37. The monoisotopic (exact) mass is 339 g/mol. The lowest BCUT2D eigenvalue weighted by atomic mass is 10.1. The molecule has 1 heterocycles. The van der Waals surface area contributed by atoms with Crippen LogP contribution in [-0.2, 0) is 9.59 Å². The molecule has 20 heavy (non-hydrogen) atoms. The average molecular weight is 340 g/mol. The molecule has 5 nitrogen and oxygen atoms in total. The Bertz CT molecular complexity index is 517. The summed E-state index contributed by atoms with van der Waals surface area (Å²) < 4.78 is 0.974. The maximum absolute atomic E-state index is 11.4. The molecular weight excluding hydrogens is 322 g/mol. The van der Waals surface area contributed by atoms with Crippen molar-refractivity contribution in [2.75, 3.05) is 24.5 Å². The number of hydrogen-bond acceptors (Lipinski definition) is 4. The lowest BCUT2D eigenvalue weighted by Crippen LogP contribution is -2.51. The minimum atomic E-state index is -0.262. The van der Waals surface area contributed by atoms with Crippen molar-refractivity contribution in [1.82, 2.24) is 10.6 Å². The van der Waals surface area contributed by atoms with Gasteiger partial charge in [0.25, 0.3) is 0 Å². The number of rotatable bonds is 4. The van der Waals surface area contributed by atoms with Crippen LogP contribution in [0, 0.1) is 0 Å². The molecule has 1 saturated heterocycles. The third-order valence-electron chi connectivity index (χ3n) is 3.27. The third kappa shape index (κ3) is 3.37. The summed E-state index contributed by atoms with van der Waals surface area (Å²) in [5.41, 5.74) is 2.02. The molecule has 0 saturated carbocycles. The zero-order valence-electron chi connectivity index (χ0n) is 11.6. The maximum atomic E-state index is 11.4. The van der Waals surface area contributed by atoms with Gasteiger partial charge in [0.05, 0.1) is 13.1 Å². The van der Waals surface area contributed by atoms with Crippen LogP contribution in [0.5, 0.6) is 0 Å². The number of amides is 2. The second kappa shape index (κ2) is 6.37. The molecule has 6 heteroatoms. The van der Waals surface area contributed by atoms with Crippen LogP contribution in [0.1, 0.15) is 25.5 Å². The van der Waals surface area contributed by atoms with E-state index in [-0.39, 0.29) is 30.9 Å². The minimum absolute atomic E-state index is 0.209. The molecular formula is C14H18BrN3O2. The van der Waals surface area contributed by atoms with E-state index in [0.717, 1.165) is 22.3 Å². The quantitative estimate of drug-likeness (QED) is 0.817.